The first-order chi connectivity index (χ1) is 13.3. The maximum Gasteiger partial charge on any atom is 0.230 e. The number of carbonyl (C=O) groups is 1. The van der Waals surface area contributed by atoms with Crippen LogP contribution in [0, 0.1) is 0 Å². The van der Waals surface area contributed by atoms with Crippen molar-refractivity contribution in [2.24, 2.45) is 0 Å². The summed E-state index contributed by atoms with van der Waals surface area (Å²) in [6.07, 6.45) is 1.58. The quantitative estimate of drug-likeness (QED) is 0.473. The Hall–Kier alpha value is -3.19. The molecule has 2 aromatic carbocycles. The van der Waals surface area contributed by atoms with Crippen LogP contribution in [0.5, 0.6) is 0 Å². The van der Waals surface area contributed by atoms with Gasteiger partial charge < -0.3 is 9.73 Å². The van der Waals surface area contributed by atoms with Gasteiger partial charge in [0.15, 0.2) is 0 Å². The molecule has 1 aliphatic rings. The average Bonchev–Trinajstić information content (AvgIpc) is 3.33. The summed E-state index contributed by atoms with van der Waals surface area (Å²) in [5.41, 5.74) is 3.76. The first-order valence-corrected chi connectivity index (χ1v) is 9.47. The van der Waals surface area contributed by atoms with Gasteiger partial charge in [-0.05, 0) is 17.5 Å². The zero-order valence-electron chi connectivity index (χ0n) is 14.2. The fraction of sp³-hybridized carbons (Fsp3) is 0.100. The summed E-state index contributed by atoms with van der Waals surface area (Å²) in [4.78, 5) is 16.7. The molecule has 2 aromatic heterocycles. The van der Waals surface area contributed by atoms with Gasteiger partial charge >= 0.3 is 0 Å². The van der Waals surface area contributed by atoms with Crippen LogP contribution in [0.1, 0.15) is 5.76 Å². The lowest BCUT2D eigenvalue weighted by atomic mass is 10.0. The highest BCUT2D eigenvalue weighted by Crippen LogP contribution is 2.44. The lowest BCUT2D eigenvalue weighted by Crippen LogP contribution is -2.24. The van der Waals surface area contributed by atoms with Crippen molar-refractivity contribution in [3.8, 4) is 22.5 Å². The Morgan fingerprint density at radius 2 is 1.81 bits per heavy atom. The number of aromatic nitrogens is 3. The number of nitrogens with one attached hydrogen (secondary N) is 1. The van der Waals surface area contributed by atoms with E-state index < -0.39 is 0 Å². The number of hydrogen-bond donors (Lipinski definition) is 1. The minimum atomic E-state index is -0.106. The van der Waals surface area contributed by atoms with Crippen molar-refractivity contribution < 1.29 is 9.21 Å². The summed E-state index contributed by atoms with van der Waals surface area (Å²) in [5.74, 6) is 0.832. The van der Waals surface area contributed by atoms with Gasteiger partial charge in [-0.2, -0.15) is 0 Å². The zero-order valence-corrected chi connectivity index (χ0v) is 15.0. The van der Waals surface area contributed by atoms with E-state index >= 15 is 0 Å². The number of nitrogens with zero attached hydrogens (tertiary/aromatic N) is 3. The molecule has 4 aromatic rings. The molecule has 1 N–H and O–H groups in total. The van der Waals surface area contributed by atoms with Gasteiger partial charge in [-0.3, -0.25) is 4.79 Å². The minimum Gasteiger partial charge on any atom is -0.467 e. The first-order valence-electron chi connectivity index (χ1n) is 8.49. The molecule has 1 amide bonds. The van der Waals surface area contributed by atoms with Crippen molar-refractivity contribution in [3.63, 3.8) is 0 Å². The van der Waals surface area contributed by atoms with Crippen LogP contribution >= 0.6 is 11.8 Å². The van der Waals surface area contributed by atoms with E-state index in [2.05, 4.69) is 38.7 Å². The highest BCUT2D eigenvalue weighted by molar-refractivity contribution is 7.99. The Labute approximate surface area is 159 Å². The summed E-state index contributed by atoms with van der Waals surface area (Å²) < 4.78 is 5.20. The molecule has 5 rings (SSSR count). The Bertz CT molecular complexity index is 1150. The molecule has 0 radical (unpaired) electrons. The third kappa shape index (κ3) is 2.86. The molecule has 0 fully saturated rings. The van der Waals surface area contributed by atoms with Crippen LogP contribution in [0.4, 0.5) is 0 Å². The number of benzene rings is 2. The van der Waals surface area contributed by atoms with Crippen LogP contribution < -0.4 is 5.32 Å². The molecular formula is C20H14N4O2S. The van der Waals surface area contributed by atoms with Crippen molar-refractivity contribution >= 4 is 28.4 Å². The van der Waals surface area contributed by atoms with E-state index in [1.165, 1.54) is 11.8 Å². The average molecular weight is 374 g/mol. The fourth-order valence-electron chi connectivity index (χ4n) is 3.26. The van der Waals surface area contributed by atoms with Gasteiger partial charge in [-0.1, -0.05) is 48.2 Å². The molecule has 7 heteroatoms. The monoisotopic (exact) mass is 374 g/mol. The van der Waals surface area contributed by atoms with Crippen molar-refractivity contribution in [3.05, 3.63) is 60.6 Å². The maximum absolute atomic E-state index is 12.0. The molecule has 0 saturated heterocycles. The van der Waals surface area contributed by atoms with E-state index in [-0.39, 0.29) is 11.7 Å². The molecule has 0 aliphatic heterocycles. The summed E-state index contributed by atoms with van der Waals surface area (Å²) in [5, 5.41) is 14.2. The van der Waals surface area contributed by atoms with Crippen molar-refractivity contribution in [2.75, 3.05) is 5.75 Å². The van der Waals surface area contributed by atoms with E-state index in [1.54, 1.807) is 12.3 Å². The topological polar surface area (TPSA) is 80.9 Å². The van der Waals surface area contributed by atoms with E-state index in [4.69, 9.17) is 4.42 Å². The highest BCUT2D eigenvalue weighted by Gasteiger charge is 2.24. The highest BCUT2D eigenvalue weighted by atomic mass is 32.2. The smallest absolute Gasteiger partial charge is 0.230 e. The van der Waals surface area contributed by atoms with Crippen LogP contribution in [0.15, 0.2) is 64.4 Å². The van der Waals surface area contributed by atoms with E-state index in [0.29, 0.717) is 11.7 Å². The molecule has 1 aliphatic carbocycles. The van der Waals surface area contributed by atoms with Gasteiger partial charge in [0.2, 0.25) is 11.1 Å². The molecular weight excluding hydrogens is 360 g/mol. The van der Waals surface area contributed by atoms with Crippen molar-refractivity contribution in [2.45, 2.75) is 11.7 Å². The Kier molecular flexibility index (Phi) is 3.86. The van der Waals surface area contributed by atoms with Gasteiger partial charge in [0.25, 0.3) is 0 Å². The summed E-state index contributed by atoms with van der Waals surface area (Å²) in [7, 11) is 0. The lowest BCUT2D eigenvalue weighted by molar-refractivity contribution is -0.118. The standard InChI is InChI=1S/C20H14N4O2S/c25-16(21-10-13-6-3-9-26-13)11-27-20-22-18-14-7-1-4-12-5-2-8-15(17(12)14)19(18)23-24-20/h1-9H,10-11H2,(H,21,25). The van der Waals surface area contributed by atoms with Gasteiger partial charge in [-0.25, -0.2) is 4.98 Å². The van der Waals surface area contributed by atoms with E-state index in [0.717, 1.165) is 39.0 Å². The zero-order chi connectivity index (χ0) is 18.2. The number of hydrogen-bond acceptors (Lipinski definition) is 6. The van der Waals surface area contributed by atoms with Crippen LogP contribution in [0.2, 0.25) is 0 Å². The molecule has 2 heterocycles. The third-order valence-electron chi connectivity index (χ3n) is 4.45. The summed E-state index contributed by atoms with van der Waals surface area (Å²) in [6, 6.07) is 15.9. The predicted octanol–water partition coefficient (Wildman–Crippen LogP) is 3.67. The number of furan rings is 1. The van der Waals surface area contributed by atoms with Crippen LogP contribution in [-0.4, -0.2) is 26.8 Å². The molecule has 27 heavy (non-hydrogen) atoms. The van der Waals surface area contributed by atoms with E-state index in [1.807, 2.05) is 24.3 Å². The van der Waals surface area contributed by atoms with Crippen molar-refractivity contribution in [1.82, 2.24) is 20.5 Å². The molecule has 0 saturated carbocycles. The number of fused-ring (bicyclic) bond motifs is 3. The number of thioether (sulfide) groups is 1. The van der Waals surface area contributed by atoms with Gasteiger partial charge in [0.1, 0.15) is 17.1 Å². The molecule has 0 unspecified atom stereocenters. The van der Waals surface area contributed by atoms with Crippen LogP contribution in [0.3, 0.4) is 0 Å². The van der Waals surface area contributed by atoms with Crippen LogP contribution in [-0.2, 0) is 11.3 Å². The molecule has 132 valence electrons. The van der Waals surface area contributed by atoms with Gasteiger partial charge in [0.05, 0.1) is 18.6 Å². The molecule has 0 atom stereocenters. The number of amides is 1. The molecule has 0 bridgehead atoms. The predicted molar refractivity (Wildman–Crippen MR) is 103 cm³/mol. The number of carbonyl (C=O) groups excluding carboxylic acids is 1. The lowest BCUT2D eigenvalue weighted by Gasteiger charge is -2.04. The van der Waals surface area contributed by atoms with E-state index in [9.17, 15) is 4.79 Å². The molecule has 0 spiro atoms. The second-order valence-electron chi connectivity index (χ2n) is 6.15. The fourth-order valence-corrected chi connectivity index (χ4v) is 3.87. The summed E-state index contributed by atoms with van der Waals surface area (Å²) >= 11 is 1.27. The third-order valence-corrected chi connectivity index (χ3v) is 5.29. The Morgan fingerprint density at radius 1 is 1.00 bits per heavy atom. The Morgan fingerprint density at radius 3 is 2.59 bits per heavy atom. The van der Waals surface area contributed by atoms with Crippen LogP contribution in [0.25, 0.3) is 33.3 Å². The SMILES string of the molecule is O=C(CSc1nnc2c(n1)-c1cccc3cccc-2c13)NCc1ccco1. The van der Waals surface area contributed by atoms with Gasteiger partial charge in [-0.15, -0.1) is 10.2 Å². The largest absolute Gasteiger partial charge is 0.467 e. The molecule has 6 nitrogen and oxygen atoms in total. The summed E-state index contributed by atoms with van der Waals surface area (Å²) in [6.45, 7) is 0.368. The minimum absolute atomic E-state index is 0.106. The number of rotatable bonds is 5. The first kappa shape index (κ1) is 16.0. The van der Waals surface area contributed by atoms with Gasteiger partial charge in [0, 0.05) is 16.5 Å². The Balaban J connectivity index is 1.34. The maximum atomic E-state index is 12.0. The normalized spacial score (nSPS) is 11.6. The second kappa shape index (κ2) is 6.51. The second-order valence-corrected chi connectivity index (χ2v) is 7.09. The van der Waals surface area contributed by atoms with Crippen molar-refractivity contribution in [1.29, 1.82) is 0 Å².